The number of thiophene rings is 1. The number of carbonyl (C=O) groups is 3. The van der Waals surface area contributed by atoms with Gasteiger partial charge in [-0.25, -0.2) is 4.79 Å². The molecule has 0 saturated carbocycles. The van der Waals surface area contributed by atoms with Gasteiger partial charge in [0.25, 0.3) is 5.91 Å². The Labute approximate surface area is 158 Å². The normalized spacial score (nSPS) is 13.5. The molecule has 1 aliphatic carbocycles. The van der Waals surface area contributed by atoms with Gasteiger partial charge in [-0.3, -0.25) is 9.59 Å². The molecule has 1 aliphatic rings. The molecular weight excluding hydrogens is 352 g/mol. The van der Waals surface area contributed by atoms with E-state index in [1.165, 1.54) is 18.3 Å². The second-order valence-corrected chi connectivity index (χ2v) is 8.27. The topological polar surface area (TPSA) is 75.7 Å². The van der Waals surface area contributed by atoms with Crippen molar-refractivity contribution in [3.05, 3.63) is 16.0 Å². The summed E-state index contributed by atoms with van der Waals surface area (Å²) < 4.78 is 5.34. The average molecular weight is 381 g/mol. The van der Waals surface area contributed by atoms with E-state index in [4.69, 9.17) is 4.74 Å². The third-order valence-electron chi connectivity index (χ3n) is 4.39. The summed E-state index contributed by atoms with van der Waals surface area (Å²) in [6.45, 7) is 8.86. The molecule has 0 fully saturated rings. The first-order chi connectivity index (χ1) is 12.2. The van der Waals surface area contributed by atoms with E-state index in [0.29, 0.717) is 10.6 Å². The van der Waals surface area contributed by atoms with E-state index in [1.54, 1.807) is 4.90 Å². The SMILES string of the molecule is CC(=O)Nc1sc2c(c1C(=O)OCC(=O)N(C(C)C)C(C)C)CCCC2. The van der Waals surface area contributed by atoms with Crippen LogP contribution in [0.25, 0.3) is 0 Å². The number of anilines is 1. The third-order valence-corrected chi connectivity index (χ3v) is 5.60. The van der Waals surface area contributed by atoms with Crippen molar-refractivity contribution < 1.29 is 19.1 Å². The third kappa shape index (κ3) is 4.63. The Morgan fingerprint density at radius 2 is 1.73 bits per heavy atom. The maximum atomic E-state index is 12.7. The van der Waals surface area contributed by atoms with Gasteiger partial charge in [-0.2, -0.15) is 0 Å². The van der Waals surface area contributed by atoms with E-state index in [2.05, 4.69) is 5.32 Å². The van der Waals surface area contributed by atoms with E-state index < -0.39 is 5.97 Å². The maximum Gasteiger partial charge on any atom is 0.341 e. The van der Waals surface area contributed by atoms with Crippen molar-refractivity contribution in [3.8, 4) is 0 Å². The molecule has 2 rings (SSSR count). The number of nitrogens with zero attached hydrogens (tertiary/aromatic N) is 1. The van der Waals surface area contributed by atoms with Crippen LogP contribution in [0.15, 0.2) is 0 Å². The van der Waals surface area contributed by atoms with E-state index in [1.807, 2.05) is 27.7 Å². The molecule has 144 valence electrons. The fraction of sp³-hybridized carbons (Fsp3) is 0.632. The molecule has 1 aromatic heterocycles. The van der Waals surface area contributed by atoms with Gasteiger partial charge in [0, 0.05) is 23.9 Å². The lowest BCUT2D eigenvalue weighted by atomic mass is 9.95. The predicted octanol–water partition coefficient (Wildman–Crippen LogP) is 3.39. The molecule has 0 atom stereocenters. The van der Waals surface area contributed by atoms with Crippen LogP contribution in [0, 0.1) is 0 Å². The van der Waals surface area contributed by atoms with Gasteiger partial charge in [-0.1, -0.05) is 0 Å². The lowest BCUT2D eigenvalue weighted by Gasteiger charge is -2.30. The van der Waals surface area contributed by atoms with Crippen molar-refractivity contribution in [2.75, 3.05) is 11.9 Å². The summed E-state index contributed by atoms with van der Waals surface area (Å²) >= 11 is 1.44. The Morgan fingerprint density at radius 3 is 2.31 bits per heavy atom. The van der Waals surface area contributed by atoms with E-state index in [9.17, 15) is 14.4 Å². The second kappa shape index (κ2) is 8.66. The van der Waals surface area contributed by atoms with Gasteiger partial charge in [0.1, 0.15) is 5.00 Å². The summed E-state index contributed by atoms with van der Waals surface area (Å²) in [4.78, 5) is 39.5. The number of rotatable bonds is 6. The summed E-state index contributed by atoms with van der Waals surface area (Å²) in [5.41, 5.74) is 1.39. The van der Waals surface area contributed by atoms with Gasteiger partial charge < -0.3 is 15.0 Å². The van der Waals surface area contributed by atoms with Gasteiger partial charge in [0.15, 0.2) is 6.61 Å². The number of amides is 2. The summed E-state index contributed by atoms with van der Waals surface area (Å²) in [6, 6.07) is 0.0649. The monoisotopic (exact) mass is 380 g/mol. The summed E-state index contributed by atoms with van der Waals surface area (Å²) in [7, 11) is 0. The molecule has 0 bridgehead atoms. The minimum atomic E-state index is -0.533. The van der Waals surface area contributed by atoms with Crippen LogP contribution in [0.4, 0.5) is 5.00 Å². The van der Waals surface area contributed by atoms with Crippen LogP contribution in [-0.2, 0) is 27.2 Å². The number of hydrogen-bond acceptors (Lipinski definition) is 5. The first-order valence-corrected chi connectivity index (χ1v) is 9.94. The predicted molar refractivity (Wildman–Crippen MR) is 103 cm³/mol. The molecule has 1 heterocycles. The van der Waals surface area contributed by atoms with Gasteiger partial charge in [-0.05, 0) is 58.9 Å². The van der Waals surface area contributed by atoms with Crippen molar-refractivity contribution in [2.45, 2.75) is 72.4 Å². The fourth-order valence-electron chi connectivity index (χ4n) is 3.48. The van der Waals surface area contributed by atoms with Gasteiger partial charge >= 0.3 is 5.97 Å². The summed E-state index contributed by atoms with van der Waals surface area (Å²) in [6.07, 6.45) is 3.80. The van der Waals surface area contributed by atoms with E-state index in [-0.39, 0.29) is 30.5 Å². The number of aryl methyl sites for hydroxylation is 1. The molecule has 1 aromatic rings. The van der Waals surface area contributed by atoms with Crippen molar-refractivity contribution in [2.24, 2.45) is 0 Å². The van der Waals surface area contributed by atoms with Crippen molar-refractivity contribution in [1.82, 2.24) is 4.90 Å². The standard InChI is InChI=1S/C19H28N2O4S/c1-11(2)21(12(3)4)16(23)10-25-19(24)17-14-8-6-7-9-15(14)26-18(17)20-13(5)22/h11-12H,6-10H2,1-5H3,(H,20,22). The molecule has 6 nitrogen and oxygen atoms in total. The molecule has 0 spiro atoms. The van der Waals surface area contributed by atoms with Crippen LogP contribution >= 0.6 is 11.3 Å². The number of esters is 1. The fourth-order valence-corrected chi connectivity index (χ4v) is 4.80. The Hall–Kier alpha value is -1.89. The van der Waals surface area contributed by atoms with Gasteiger partial charge in [0.2, 0.25) is 5.91 Å². The van der Waals surface area contributed by atoms with Crippen LogP contribution < -0.4 is 5.32 Å². The second-order valence-electron chi connectivity index (χ2n) is 7.16. The first-order valence-electron chi connectivity index (χ1n) is 9.12. The lowest BCUT2D eigenvalue weighted by molar-refractivity contribution is -0.138. The molecule has 0 saturated heterocycles. The Bertz CT molecular complexity index is 686. The van der Waals surface area contributed by atoms with Crippen molar-refractivity contribution in [1.29, 1.82) is 0 Å². The number of ether oxygens (including phenoxy) is 1. The first kappa shape index (κ1) is 20.4. The van der Waals surface area contributed by atoms with E-state index in [0.717, 1.165) is 36.1 Å². The maximum absolute atomic E-state index is 12.7. The number of nitrogens with one attached hydrogen (secondary N) is 1. The highest BCUT2D eigenvalue weighted by atomic mass is 32.1. The zero-order chi connectivity index (χ0) is 19.4. The molecule has 0 aromatic carbocycles. The van der Waals surface area contributed by atoms with Crippen molar-refractivity contribution >= 4 is 34.1 Å². The van der Waals surface area contributed by atoms with Gasteiger partial charge in [-0.15, -0.1) is 11.3 Å². The van der Waals surface area contributed by atoms with E-state index >= 15 is 0 Å². The van der Waals surface area contributed by atoms with Crippen LogP contribution in [0.1, 0.15) is 68.3 Å². The van der Waals surface area contributed by atoms with Crippen molar-refractivity contribution in [3.63, 3.8) is 0 Å². The summed E-state index contributed by atoms with van der Waals surface area (Å²) in [5.74, 6) is -0.970. The highest BCUT2D eigenvalue weighted by molar-refractivity contribution is 7.17. The average Bonchev–Trinajstić information content (AvgIpc) is 2.88. The minimum Gasteiger partial charge on any atom is -0.452 e. The largest absolute Gasteiger partial charge is 0.452 e. The Kier molecular flexibility index (Phi) is 6.81. The van der Waals surface area contributed by atoms with Gasteiger partial charge in [0.05, 0.1) is 5.56 Å². The number of carbonyl (C=O) groups excluding carboxylic acids is 3. The lowest BCUT2D eigenvalue weighted by Crippen LogP contribution is -2.44. The Balaban J connectivity index is 2.17. The molecule has 26 heavy (non-hydrogen) atoms. The Morgan fingerprint density at radius 1 is 1.12 bits per heavy atom. The highest BCUT2D eigenvalue weighted by Gasteiger charge is 2.28. The molecule has 2 amide bonds. The summed E-state index contributed by atoms with van der Waals surface area (Å²) in [5, 5.41) is 3.28. The number of hydrogen-bond donors (Lipinski definition) is 1. The minimum absolute atomic E-state index is 0.0325. The zero-order valence-electron chi connectivity index (χ0n) is 16.2. The quantitative estimate of drug-likeness (QED) is 0.768. The van der Waals surface area contributed by atoms with Crippen LogP contribution in [-0.4, -0.2) is 41.4 Å². The molecule has 0 unspecified atom stereocenters. The molecule has 0 radical (unpaired) electrons. The number of fused-ring (bicyclic) bond motifs is 1. The van der Waals surface area contributed by atoms with Crippen LogP contribution in [0.3, 0.4) is 0 Å². The smallest absolute Gasteiger partial charge is 0.341 e. The molecular formula is C19H28N2O4S. The van der Waals surface area contributed by atoms with Crippen LogP contribution in [0.5, 0.6) is 0 Å². The highest BCUT2D eigenvalue weighted by Crippen LogP contribution is 2.38. The zero-order valence-corrected chi connectivity index (χ0v) is 17.0. The molecule has 1 N–H and O–H groups in total. The molecule has 0 aliphatic heterocycles. The van der Waals surface area contributed by atoms with Crippen LogP contribution in [0.2, 0.25) is 0 Å². The molecule has 7 heteroatoms.